The molecular formula is C14H15Cl2N3. The van der Waals surface area contributed by atoms with Crippen molar-refractivity contribution in [3.8, 4) is 11.1 Å². The van der Waals surface area contributed by atoms with Crippen molar-refractivity contribution in [2.45, 2.75) is 25.7 Å². The number of rotatable bonds is 3. The van der Waals surface area contributed by atoms with E-state index in [0.717, 1.165) is 16.8 Å². The third kappa shape index (κ3) is 2.21. The topological polar surface area (TPSA) is 54.7 Å². The van der Waals surface area contributed by atoms with Crippen LogP contribution in [0.4, 0.5) is 5.82 Å². The number of nitrogens with two attached hydrogens (primary N) is 1. The molecule has 3 nitrogen and oxygen atoms in total. The lowest BCUT2D eigenvalue weighted by Gasteiger charge is -2.13. The van der Waals surface area contributed by atoms with Crippen molar-refractivity contribution in [1.29, 1.82) is 0 Å². The van der Waals surface area contributed by atoms with Crippen LogP contribution in [-0.4, -0.2) is 10.2 Å². The minimum Gasteiger partial charge on any atom is -0.382 e. The number of hydrogen-bond acceptors (Lipinski definition) is 2. The van der Waals surface area contributed by atoms with E-state index < -0.39 is 0 Å². The van der Waals surface area contributed by atoms with Gasteiger partial charge in [-0.2, -0.15) is 5.10 Å². The molecule has 0 saturated heterocycles. The molecule has 1 saturated carbocycles. The highest BCUT2D eigenvalue weighted by Crippen LogP contribution is 2.47. The molecule has 100 valence electrons. The smallest absolute Gasteiger partial charge is 0.153 e. The normalized spacial score (nSPS) is 16.6. The first-order valence-corrected chi connectivity index (χ1v) is 7.13. The Morgan fingerprint density at radius 3 is 2.47 bits per heavy atom. The maximum absolute atomic E-state index is 6.28. The lowest BCUT2D eigenvalue weighted by Crippen LogP contribution is -1.99. The second kappa shape index (κ2) is 4.73. The second-order valence-corrected chi connectivity index (χ2v) is 5.93. The molecule has 0 amide bonds. The molecule has 1 aliphatic carbocycles. The average Bonchev–Trinajstić information content (AvgIpc) is 3.14. The van der Waals surface area contributed by atoms with Crippen LogP contribution in [0.5, 0.6) is 0 Å². The van der Waals surface area contributed by atoms with Crippen LogP contribution in [0.25, 0.3) is 11.1 Å². The summed E-state index contributed by atoms with van der Waals surface area (Å²) < 4.78 is 0. The summed E-state index contributed by atoms with van der Waals surface area (Å²) in [7, 11) is 0. The molecule has 3 N–H and O–H groups in total. The molecule has 0 radical (unpaired) electrons. The highest BCUT2D eigenvalue weighted by atomic mass is 35.5. The number of anilines is 1. The summed E-state index contributed by atoms with van der Waals surface area (Å²) >= 11 is 12.6. The third-order valence-electron chi connectivity index (χ3n) is 3.82. The van der Waals surface area contributed by atoms with Crippen LogP contribution in [0.2, 0.25) is 10.0 Å². The summed E-state index contributed by atoms with van der Waals surface area (Å²) in [6.07, 6.45) is 2.52. The summed E-state index contributed by atoms with van der Waals surface area (Å²) in [5.74, 6) is 1.56. The molecule has 1 unspecified atom stereocenters. The summed E-state index contributed by atoms with van der Waals surface area (Å²) in [6, 6.07) is 5.47. The Labute approximate surface area is 122 Å². The Kier molecular flexibility index (Phi) is 3.19. The molecule has 19 heavy (non-hydrogen) atoms. The van der Waals surface area contributed by atoms with Gasteiger partial charge in [0.25, 0.3) is 0 Å². The number of H-pyrrole nitrogens is 1. The maximum atomic E-state index is 6.28. The summed E-state index contributed by atoms with van der Waals surface area (Å²) in [4.78, 5) is 0. The van der Waals surface area contributed by atoms with E-state index in [2.05, 4.69) is 17.1 Å². The molecule has 1 aliphatic rings. The van der Waals surface area contributed by atoms with Crippen LogP contribution in [-0.2, 0) is 0 Å². The first-order valence-electron chi connectivity index (χ1n) is 6.37. The van der Waals surface area contributed by atoms with Crippen molar-refractivity contribution >= 4 is 29.0 Å². The van der Waals surface area contributed by atoms with Gasteiger partial charge in [-0.05, 0) is 30.9 Å². The van der Waals surface area contributed by atoms with Crippen molar-refractivity contribution < 1.29 is 0 Å². The van der Waals surface area contributed by atoms with Gasteiger partial charge >= 0.3 is 0 Å². The minimum absolute atomic E-state index is 0.395. The third-order valence-corrected chi connectivity index (χ3v) is 4.45. The lowest BCUT2D eigenvalue weighted by atomic mass is 9.94. The predicted molar refractivity (Wildman–Crippen MR) is 79.6 cm³/mol. The molecule has 1 aromatic carbocycles. The van der Waals surface area contributed by atoms with E-state index in [4.69, 9.17) is 28.9 Å². The van der Waals surface area contributed by atoms with Gasteiger partial charge in [0, 0.05) is 22.7 Å². The van der Waals surface area contributed by atoms with Crippen LogP contribution < -0.4 is 5.73 Å². The van der Waals surface area contributed by atoms with Crippen LogP contribution in [0.15, 0.2) is 18.2 Å². The van der Waals surface area contributed by atoms with Crippen LogP contribution in [0.3, 0.4) is 0 Å². The Balaban J connectivity index is 2.16. The Hall–Kier alpha value is -1.19. The summed E-state index contributed by atoms with van der Waals surface area (Å²) in [5.41, 5.74) is 8.68. The van der Waals surface area contributed by atoms with E-state index in [0.29, 0.717) is 27.7 Å². The minimum atomic E-state index is 0.395. The summed E-state index contributed by atoms with van der Waals surface area (Å²) in [6.45, 7) is 2.19. The van der Waals surface area contributed by atoms with Crippen LogP contribution in [0, 0.1) is 5.92 Å². The quantitative estimate of drug-likeness (QED) is 0.877. The van der Waals surface area contributed by atoms with Gasteiger partial charge < -0.3 is 5.73 Å². The lowest BCUT2D eigenvalue weighted by molar-refractivity contribution is 0.642. The van der Waals surface area contributed by atoms with E-state index in [-0.39, 0.29) is 0 Å². The molecule has 3 rings (SSSR count). The van der Waals surface area contributed by atoms with E-state index in [9.17, 15) is 0 Å². The van der Waals surface area contributed by atoms with Gasteiger partial charge in [-0.25, -0.2) is 0 Å². The predicted octanol–water partition coefficient (Wildman–Crippen LogP) is 4.48. The zero-order chi connectivity index (χ0) is 13.6. The number of halogens is 2. The van der Waals surface area contributed by atoms with Gasteiger partial charge in [-0.1, -0.05) is 36.2 Å². The molecule has 2 aromatic rings. The van der Waals surface area contributed by atoms with Crippen molar-refractivity contribution in [2.75, 3.05) is 5.73 Å². The molecule has 0 bridgehead atoms. The van der Waals surface area contributed by atoms with Crippen LogP contribution >= 0.6 is 23.2 Å². The molecule has 5 heteroatoms. The standard InChI is InChI=1S/C14H15Cl2N3/c1-7(8-5-6-8)13-12(14(17)19-18-13)11-9(15)3-2-4-10(11)16/h2-4,7-8H,5-6H2,1H3,(H3,17,18,19). The summed E-state index contributed by atoms with van der Waals surface area (Å²) in [5, 5.41) is 8.40. The van der Waals surface area contributed by atoms with Gasteiger partial charge in [0.15, 0.2) is 5.82 Å². The van der Waals surface area contributed by atoms with Crippen LogP contribution in [0.1, 0.15) is 31.4 Å². The van der Waals surface area contributed by atoms with Crippen molar-refractivity contribution in [2.24, 2.45) is 5.92 Å². The first-order chi connectivity index (χ1) is 9.09. The van der Waals surface area contributed by atoms with Gasteiger partial charge in [-0.15, -0.1) is 0 Å². The molecule has 1 atom stereocenters. The van der Waals surface area contributed by atoms with Gasteiger partial charge in [-0.3, -0.25) is 5.10 Å². The number of aromatic nitrogens is 2. The molecule has 0 spiro atoms. The van der Waals surface area contributed by atoms with Gasteiger partial charge in [0.05, 0.1) is 10.0 Å². The fraction of sp³-hybridized carbons (Fsp3) is 0.357. The Bertz CT molecular complexity index is 597. The molecule has 1 aromatic heterocycles. The number of nitrogens with zero attached hydrogens (tertiary/aromatic N) is 1. The highest BCUT2D eigenvalue weighted by Gasteiger charge is 2.33. The highest BCUT2D eigenvalue weighted by molar-refractivity contribution is 6.39. The van der Waals surface area contributed by atoms with Gasteiger partial charge in [0.1, 0.15) is 0 Å². The SMILES string of the molecule is CC(c1[nH]nc(N)c1-c1c(Cl)cccc1Cl)C1CC1. The van der Waals surface area contributed by atoms with E-state index in [1.54, 1.807) is 0 Å². The molecule has 0 aliphatic heterocycles. The Morgan fingerprint density at radius 2 is 1.89 bits per heavy atom. The molecular weight excluding hydrogens is 281 g/mol. The van der Waals surface area contributed by atoms with Crippen molar-refractivity contribution in [3.63, 3.8) is 0 Å². The Morgan fingerprint density at radius 1 is 1.26 bits per heavy atom. The monoisotopic (exact) mass is 295 g/mol. The number of benzene rings is 1. The second-order valence-electron chi connectivity index (χ2n) is 5.12. The first kappa shape index (κ1) is 12.8. The van der Waals surface area contributed by atoms with Gasteiger partial charge in [0.2, 0.25) is 0 Å². The van der Waals surface area contributed by atoms with Crippen molar-refractivity contribution in [1.82, 2.24) is 10.2 Å². The van der Waals surface area contributed by atoms with E-state index >= 15 is 0 Å². The molecule has 1 fully saturated rings. The molecule has 1 heterocycles. The van der Waals surface area contributed by atoms with E-state index in [1.165, 1.54) is 12.8 Å². The fourth-order valence-corrected chi connectivity index (χ4v) is 3.12. The van der Waals surface area contributed by atoms with Crippen molar-refractivity contribution in [3.05, 3.63) is 33.9 Å². The number of nitrogens with one attached hydrogen (secondary N) is 1. The number of hydrogen-bond donors (Lipinski definition) is 2. The maximum Gasteiger partial charge on any atom is 0.153 e. The zero-order valence-electron chi connectivity index (χ0n) is 10.6. The zero-order valence-corrected chi connectivity index (χ0v) is 12.1. The average molecular weight is 296 g/mol. The number of aromatic amines is 1. The number of nitrogen functional groups attached to an aromatic ring is 1. The van der Waals surface area contributed by atoms with E-state index in [1.807, 2.05) is 18.2 Å². The largest absolute Gasteiger partial charge is 0.382 e. The fourth-order valence-electron chi connectivity index (χ4n) is 2.53.